The van der Waals surface area contributed by atoms with Crippen LogP contribution in [0.4, 0.5) is 0 Å². The molecule has 0 saturated heterocycles. The van der Waals surface area contributed by atoms with Crippen LogP contribution in [0.5, 0.6) is 11.5 Å². The number of methoxy groups -OCH3 is 1. The second-order valence-corrected chi connectivity index (χ2v) is 3.79. The van der Waals surface area contributed by atoms with Crippen LogP contribution in [0.25, 0.3) is 0 Å². The van der Waals surface area contributed by atoms with E-state index >= 15 is 0 Å². The molecule has 0 aromatic heterocycles. The molecule has 1 aromatic rings. The van der Waals surface area contributed by atoms with Crippen molar-refractivity contribution >= 4 is 0 Å². The molecular weight excluding hydrogens is 206 g/mol. The fourth-order valence-electron chi connectivity index (χ4n) is 1.40. The monoisotopic (exact) mass is 225 g/mol. The number of aliphatic hydroxyl groups is 1. The zero-order valence-corrected chi connectivity index (χ0v) is 9.73. The van der Waals surface area contributed by atoms with Crippen molar-refractivity contribution in [3.05, 3.63) is 23.8 Å². The Hall–Kier alpha value is -1.26. The number of aliphatic hydroxyl groups excluding tert-OH is 1. The summed E-state index contributed by atoms with van der Waals surface area (Å²) in [4.78, 5) is 0. The van der Waals surface area contributed by atoms with Gasteiger partial charge in [-0.2, -0.15) is 0 Å². The first-order chi connectivity index (χ1) is 7.67. The average molecular weight is 225 g/mol. The van der Waals surface area contributed by atoms with E-state index in [0.29, 0.717) is 18.7 Å². The molecule has 0 aliphatic rings. The quantitative estimate of drug-likeness (QED) is 0.682. The van der Waals surface area contributed by atoms with Crippen LogP contribution in [0.2, 0.25) is 0 Å². The van der Waals surface area contributed by atoms with Crippen LogP contribution in [-0.4, -0.2) is 30.0 Å². The van der Waals surface area contributed by atoms with Gasteiger partial charge in [-0.1, -0.05) is 6.07 Å². The third-order valence-corrected chi connectivity index (χ3v) is 2.50. The molecule has 1 aromatic carbocycles. The number of aromatic hydroxyl groups is 1. The Morgan fingerprint density at radius 1 is 1.44 bits per heavy atom. The fraction of sp³-hybridized carbons (Fsp3) is 0.500. The van der Waals surface area contributed by atoms with Crippen molar-refractivity contribution in [2.45, 2.75) is 25.9 Å². The highest BCUT2D eigenvalue weighted by Crippen LogP contribution is 2.23. The Labute approximate surface area is 95.9 Å². The molecule has 0 bridgehead atoms. The van der Waals surface area contributed by atoms with Crippen molar-refractivity contribution in [3.8, 4) is 11.5 Å². The van der Waals surface area contributed by atoms with Crippen LogP contribution in [0.15, 0.2) is 18.2 Å². The molecule has 0 radical (unpaired) electrons. The lowest BCUT2D eigenvalue weighted by molar-refractivity contribution is 0.268. The summed E-state index contributed by atoms with van der Waals surface area (Å²) >= 11 is 0. The second kappa shape index (κ2) is 6.35. The predicted octanol–water partition coefficient (Wildman–Crippen LogP) is 1.26. The third-order valence-electron chi connectivity index (χ3n) is 2.50. The summed E-state index contributed by atoms with van der Waals surface area (Å²) in [6.45, 7) is 2.75. The highest BCUT2D eigenvalue weighted by molar-refractivity contribution is 5.39. The maximum absolute atomic E-state index is 9.70. The zero-order chi connectivity index (χ0) is 12.0. The summed E-state index contributed by atoms with van der Waals surface area (Å²) in [7, 11) is 1.57. The van der Waals surface area contributed by atoms with Crippen LogP contribution < -0.4 is 10.1 Å². The van der Waals surface area contributed by atoms with Crippen molar-refractivity contribution in [1.29, 1.82) is 0 Å². The largest absolute Gasteiger partial charge is 0.507 e. The molecule has 16 heavy (non-hydrogen) atoms. The van der Waals surface area contributed by atoms with Gasteiger partial charge in [-0.05, 0) is 19.4 Å². The highest BCUT2D eigenvalue weighted by atomic mass is 16.5. The lowest BCUT2D eigenvalue weighted by Gasteiger charge is -2.13. The number of rotatable bonds is 6. The number of nitrogens with one attached hydrogen (secondary N) is 1. The van der Waals surface area contributed by atoms with E-state index in [9.17, 15) is 5.11 Å². The second-order valence-electron chi connectivity index (χ2n) is 3.79. The van der Waals surface area contributed by atoms with Crippen molar-refractivity contribution < 1.29 is 14.9 Å². The van der Waals surface area contributed by atoms with Gasteiger partial charge in [-0.3, -0.25) is 0 Å². The van der Waals surface area contributed by atoms with E-state index in [1.807, 2.05) is 19.1 Å². The van der Waals surface area contributed by atoms with E-state index in [-0.39, 0.29) is 18.4 Å². The Morgan fingerprint density at radius 2 is 2.19 bits per heavy atom. The van der Waals surface area contributed by atoms with Gasteiger partial charge < -0.3 is 20.3 Å². The summed E-state index contributed by atoms with van der Waals surface area (Å²) in [6, 6.07) is 5.46. The third kappa shape index (κ3) is 3.72. The first kappa shape index (κ1) is 12.8. The maximum atomic E-state index is 9.70. The molecule has 0 heterocycles. The van der Waals surface area contributed by atoms with Crippen molar-refractivity contribution in [1.82, 2.24) is 5.32 Å². The van der Waals surface area contributed by atoms with Gasteiger partial charge in [0.2, 0.25) is 0 Å². The zero-order valence-electron chi connectivity index (χ0n) is 9.73. The molecule has 3 N–H and O–H groups in total. The Kier molecular flexibility index (Phi) is 5.08. The molecule has 90 valence electrons. The van der Waals surface area contributed by atoms with E-state index in [0.717, 1.165) is 5.56 Å². The first-order valence-electron chi connectivity index (χ1n) is 5.37. The molecule has 0 saturated carbocycles. The summed E-state index contributed by atoms with van der Waals surface area (Å²) in [5.41, 5.74) is 0.825. The molecular formula is C12H19NO3. The van der Waals surface area contributed by atoms with Gasteiger partial charge in [0.15, 0.2) is 0 Å². The van der Waals surface area contributed by atoms with Crippen LogP contribution in [0.3, 0.4) is 0 Å². The van der Waals surface area contributed by atoms with Gasteiger partial charge in [0.1, 0.15) is 11.5 Å². The van der Waals surface area contributed by atoms with E-state index < -0.39 is 0 Å². The Morgan fingerprint density at radius 3 is 2.75 bits per heavy atom. The summed E-state index contributed by atoms with van der Waals surface area (Å²) < 4.78 is 5.00. The number of hydrogen-bond donors (Lipinski definition) is 3. The van der Waals surface area contributed by atoms with Gasteiger partial charge in [0, 0.05) is 30.8 Å². The van der Waals surface area contributed by atoms with Gasteiger partial charge in [0.05, 0.1) is 7.11 Å². The van der Waals surface area contributed by atoms with Gasteiger partial charge in [0.25, 0.3) is 0 Å². The van der Waals surface area contributed by atoms with E-state index in [1.54, 1.807) is 13.2 Å². The van der Waals surface area contributed by atoms with Crippen LogP contribution in [0, 0.1) is 0 Å². The smallest absolute Gasteiger partial charge is 0.123 e. The molecule has 0 spiro atoms. The first-order valence-corrected chi connectivity index (χ1v) is 5.37. The van der Waals surface area contributed by atoms with E-state index in [4.69, 9.17) is 9.84 Å². The Balaban J connectivity index is 2.54. The molecule has 1 unspecified atom stereocenters. The predicted molar refractivity (Wildman–Crippen MR) is 62.7 cm³/mol. The van der Waals surface area contributed by atoms with Crippen molar-refractivity contribution in [3.63, 3.8) is 0 Å². The molecule has 1 rings (SSSR count). The molecule has 1 atom stereocenters. The Bertz CT molecular complexity index is 328. The fourth-order valence-corrected chi connectivity index (χ4v) is 1.40. The summed E-state index contributed by atoms with van der Waals surface area (Å²) in [5, 5.41) is 21.7. The van der Waals surface area contributed by atoms with E-state index in [1.165, 1.54) is 0 Å². The van der Waals surface area contributed by atoms with Crippen LogP contribution in [0.1, 0.15) is 18.9 Å². The maximum Gasteiger partial charge on any atom is 0.123 e. The van der Waals surface area contributed by atoms with Gasteiger partial charge >= 0.3 is 0 Å². The number of phenols is 1. The van der Waals surface area contributed by atoms with Gasteiger partial charge in [-0.25, -0.2) is 0 Å². The molecule has 0 aliphatic heterocycles. The van der Waals surface area contributed by atoms with Crippen molar-refractivity contribution in [2.75, 3.05) is 13.7 Å². The average Bonchev–Trinajstić information content (AvgIpc) is 2.27. The minimum absolute atomic E-state index is 0.169. The highest BCUT2D eigenvalue weighted by Gasteiger charge is 2.05. The molecule has 0 aliphatic carbocycles. The lowest BCUT2D eigenvalue weighted by Crippen LogP contribution is -2.26. The topological polar surface area (TPSA) is 61.7 Å². The molecule has 0 fully saturated rings. The number of hydrogen-bond acceptors (Lipinski definition) is 4. The summed E-state index contributed by atoms with van der Waals surface area (Å²) in [6.07, 6.45) is 0.705. The summed E-state index contributed by atoms with van der Waals surface area (Å²) in [5.74, 6) is 0.868. The van der Waals surface area contributed by atoms with Crippen molar-refractivity contribution in [2.24, 2.45) is 0 Å². The number of phenolic OH excluding ortho intramolecular Hbond substituents is 1. The standard InChI is InChI=1S/C12H19NO3/c1-9(5-6-14)13-8-10-3-4-11(16-2)7-12(10)15/h3-4,7,9,13-15H,5-6,8H2,1-2H3. The number of benzene rings is 1. The molecule has 0 amide bonds. The molecule has 4 heteroatoms. The minimum atomic E-state index is 0.169. The number of ether oxygens (including phenoxy) is 1. The SMILES string of the molecule is COc1ccc(CNC(C)CCO)c(O)c1. The van der Waals surface area contributed by atoms with E-state index in [2.05, 4.69) is 5.32 Å². The van der Waals surface area contributed by atoms with Crippen LogP contribution >= 0.6 is 0 Å². The lowest BCUT2D eigenvalue weighted by atomic mass is 10.1. The normalized spacial score (nSPS) is 12.4. The minimum Gasteiger partial charge on any atom is -0.507 e. The van der Waals surface area contributed by atoms with Crippen LogP contribution in [-0.2, 0) is 6.54 Å². The molecule has 4 nitrogen and oxygen atoms in total. The van der Waals surface area contributed by atoms with Gasteiger partial charge in [-0.15, -0.1) is 0 Å².